The summed E-state index contributed by atoms with van der Waals surface area (Å²) < 4.78 is 42.1. The van der Waals surface area contributed by atoms with Crippen LogP contribution in [-0.2, 0) is 13.0 Å². The first-order valence-electron chi connectivity index (χ1n) is 6.68. The Bertz CT molecular complexity index is 612. The minimum atomic E-state index is -1.50. The summed E-state index contributed by atoms with van der Waals surface area (Å²) in [6.07, 6.45) is 4.64. The Morgan fingerprint density at radius 2 is 2.05 bits per heavy atom. The third-order valence-corrected chi connectivity index (χ3v) is 3.29. The maximum absolute atomic E-state index is 13.8. The van der Waals surface area contributed by atoms with Crippen molar-refractivity contribution in [2.75, 3.05) is 0 Å². The molecule has 3 N–H and O–H groups in total. The Labute approximate surface area is 120 Å². The molecule has 0 radical (unpaired) electrons. The van der Waals surface area contributed by atoms with Crippen LogP contribution in [0.15, 0.2) is 24.5 Å². The summed E-state index contributed by atoms with van der Waals surface area (Å²) in [5.41, 5.74) is 2.41. The number of rotatable bonds is 6. The fourth-order valence-corrected chi connectivity index (χ4v) is 2.23. The highest BCUT2D eigenvalue weighted by Crippen LogP contribution is 2.23. The molecule has 0 amide bonds. The molecule has 1 aromatic heterocycles. The van der Waals surface area contributed by atoms with E-state index in [0.29, 0.717) is 5.82 Å². The van der Waals surface area contributed by atoms with Gasteiger partial charge in [-0.05, 0) is 12.5 Å². The maximum atomic E-state index is 13.8. The molecule has 2 rings (SSSR count). The molecule has 1 unspecified atom stereocenters. The molecule has 0 fully saturated rings. The molecule has 21 heavy (non-hydrogen) atoms. The standard InChI is InChI=1S/C14H17F3N4/c1-2-6-21-7-5-19-12(21)8-11(20-18)9-3-4-10(15)14(17)13(9)16/h3-5,7,11,20H,2,6,8,18H2,1H3. The average Bonchev–Trinajstić information content (AvgIpc) is 2.91. The van der Waals surface area contributed by atoms with Crippen LogP contribution in [0.5, 0.6) is 0 Å². The molecule has 0 aliphatic rings. The van der Waals surface area contributed by atoms with Crippen molar-refractivity contribution < 1.29 is 13.2 Å². The van der Waals surface area contributed by atoms with Crippen molar-refractivity contribution in [3.63, 3.8) is 0 Å². The number of aryl methyl sites for hydroxylation is 1. The number of nitrogens with zero attached hydrogens (tertiary/aromatic N) is 2. The average molecular weight is 298 g/mol. The summed E-state index contributed by atoms with van der Waals surface area (Å²) in [6.45, 7) is 2.80. The van der Waals surface area contributed by atoms with Gasteiger partial charge in [0.1, 0.15) is 5.82 Å². The highest BCUT2D eigenvalue weighted by atomic mass is 19.2. The van der Waals surface area contributed by atoms with E-state index in [2.05, 4.69) is 10.4 Å². The number of benzene rings is 1. The van der Waals surface area contributed by atoms with Gasteiger partial charge in [-0.1, -0.05) is 13.0 Å². The molecule has 0 aliphatic heterocycles. The number of hydrazine groups is 1. The van der Waals surface area contributed by atoms with Crippen molar-refractivity contribution in [1.82, 2.24) is 15.0 Å². The van der Waals surface area contributed by atoms with Gasteiger partial charge in [-0.25, -0.2) is 18.2 Å². The number of hydrogen-bond donors (Lipinski definition) is 2. The molecule has 4 nitrogen and oxygen atoms in total. The third-order valence-electron chi connectivity index (χ3n) is 3.29. The summed E-state index contributed by atoms with van der Waals surface area (Å²) >= 11 is 0. The molecule has 1 atom stereocenters. The largest absolute Gasteiger partial charge is 0.335 e. The quantitative estimate of drug-likeness (QED) is 0.489. The summed E-state index contributed by atoms with van der Waals surface area (Å²) in [5, 5.41) is 0. The normalized spacial score (nSPS) is 12.6. The Morgan fingerprint density at radius 3 is 2.71 bits per heavy atom. The first-order valence-corrected chi connectivity index (χ1v) is 6.68. The van der Waals surface area contributed by atoms with E-state index in [1.807, 2.05) is 17.7 Å². The first kappa shape index (κ1) is 15.5. The van der Waals surface area contributed by atoms with E-state index in [4.69, 9.17) is 5.84 Å². The second-order valence-corrected chi connectivity index (χ2v) is 4.72. The van der Waals surface area contributed by atoms with Crippen molar-refractivity contribution in [3.05, 3.63) is 53.4 Å². The lowest BCUT2D eigenvalue weighted by molar-refractivity contribution is 0.421. The van der Waals surface area contributed by atoms with Crippen molar-refractivity contribution in [3.8, 4) is 0 Å². The number of halogens is 3. The third kappa shape index (κ3) is 3.25. The van der Waals surface area contributed by atoms with E-state index in [1.165, 1.54) is 6.07 Å². The molecule has 1 aromatic carbocycles. The number of hydrogen-bond acceptors (Lipinski definition) is 3. The summed E-state index contributed by atoms with van der Waals surface area (Å²) in [7, 11) is 0. The van der Waals surface area contributed by atoms with E-state index in [0.717, 1.165) is 19.0 Å². The SMILES string of the molecule is CCCn1ccnc1CC(NN)c1ccc(F)c(F)c1F. The molecule has 0 bridgehead atoms. The molecule has 0 saturated heterocycles. The van der Waals surface area contributed by atoms with Crippen molar-refractivity contribution in [2.45, 2.75) is 32.4 Å². The molecule has 2 aromatic rings. The Kier molecular flexibility index (Phi) is 4.98. The second kappa shape index (κ2) is 6.73. The summed E-state index contributed by atoms with van der Waals surface area (Å²) in [5.74, 6) is 2.18. The van der Waals surface area contributed by atoms with E-state index in [-0.39, 0.29) is 12.0 Å². The van der Waals surface area contributed by atoms with Crippen LogP contribution in [0.1, 0.15) is 30.8 Å². The Balaban J connectivity index is 2.28. The lowest BCUT2D eigenvalue weighted by Crippen LogP contribution is -2.31. The van der Waals surface area contributed by atoms with E-state index in [9.17, 15) is 13.2 Å². The van der Waals surface area contributed by atoms with Crippen LogP contribution >= 0.6 is 0 Å². The summed E-state index contributed by atoms with van der Waals surface area (Å²) in [6, 6.07) is 1.38. The number of nitrogens with one attached hydrogen (secondary N) is 1. The van der Waals surface area contributed by atoms with Gasteiger partial charge in [-0.3, -0.25) is 11.3 Å². The van der Waals surface area contributed by atoms with Crippen molar-refractivity contribution in [2.24, 2.45) is 5.84 Å². The van der Waals surface area contributed by atoms with Gasteiger partial charge < -0.3 is 4.57 Å². The minimum Gasteiger partial charge on any atom is -0.335 e. The fourth-order valence-electron chi connectivity index (χ4n) is 2.23. The molecule has 0 saturated carbocycles. The van der Waals surface area contributed by atoms with Crippen LogP contribution in [0.25, 0.3) is 0 Å². The zero-order valence-corrected chi connectivity index (χ0v) is 11.6. The molecule has 1 heterocycles. The van der Waals surface area contributed by atoms with Crippen LogP contribution in [0.4, 0.5) is 13.2 Å². The molecular formula is C14H17F3N4. The van der Waals surface area contributed by atoms with Gasteiger partial charge in [0.2, 0.25) is 0 Å². The van der Waals surface area contributed by atoms with Gasteiger partial charge in [0.05, 0.1) is 6.04 Å². The van der Waals surface area contributed by atoms with Gasteiger partial charge in [-0.15, -0.1) is 0 Å². The first-order chi connectivity index (χ1) is 10.1. The second-order valence-electron chi connectivity index (χ2n) is 4.72. The minimum absolute atomic E-state index is 0.0255. The molecule has 0 spiro atoms. The van der Waals surface area contributed by atoms with Gasteiger partial charge in [0.15, 0.2) is 17.5 Å². The monoisotopic (exact) mass is 298 g/mol. The van der Waals surface area contributed by atoms with Crippen LogP contribution < -0.4 is 11.3 Å². The highest BCUT2D eigenvalue weighted by molar-refractivity contribution is 5.24. The van der Waals surface area contributed by atoms with Crippen LogP contribution in [0.3, 0.4) is 0 Å². The van der Waals surface area contributed by atoms with Gasteiger partial charge >= 0.3 is 0 Å². The predicted octanol–water partition coefficient (Wildman–Crippen LogP) is 2.46. The highest BCUT2D eigenvalue weighted by Gasteiger charge is 2.21. The molecular weight excluding hydrogens is 281 g/mol. The fraction of sp³-hybridized carbons (Fsp3) is 0.357. The van der Waals surface area contributed by atoms with E-state index < -0.39 is 23.5 Å². The molecule has 114 valence electrons. The topological polar surface area (TPSA) is 55.9 Å². The summed E-state index contributed by atoms with van der Waals surface area (Å²) in [4.78, 5) is 4.19. The lowest BCUT2D eigenvalue weighted by atomic mass is 10.0. The van der Waals surface area contributed by atoms with E-state index in [1.54, 1.807) is 6.20 Å². The number of aromatic nitrogens is 2. The van der Waals surface area contributed by atoms with Gasteiger partial charge in [0.25, 0.3) is 0 Å². The molecule has 7 heteroatoms. The Hall–Kier alpha value is -1.86. The lowest BCUT2D eigenvalue weighted by Gasteiger charge is -2.18. The smallest absolute Gasteiger partial charge is 0.194 e. The van der Waals surface area contributed by atoms with Gasteiger partial charge in [-0.2, -0.15) is 0 Å². The van der Waals surface area contributed by atoms with Gasteiger partial charge in [0, 0.05) is 30.9 Å². The zero-order chi connectivity index (χ0) is 15.4. The number of nitrogens with two attached hydrogens (primary N) is 1. The maximum Gasteiger partial charge on any atom is 0.194 e. The van der Waals surface area contributed by atoms with Crippen molar-refractivity contribution >= 4 is 0 Å². The van der Waals surface area contributed by atoms with Crippen LogP contribution in [-0.4, -0.2) is 9.55 Å². The predicted molar refractivity (Wildman–Crippen MR) is 72.6 cm³/mol. The van der Waals surface area contributed by atoms with Crippen LogP contribution in [0, 0.1) is 17.5 Å². The molecule has 0 aliphatic carbocycles. The zero-order valence-electron chi connectivity index (χ0n) is 11.6. The Morgan fingerprint density at radius 1 is 1.29 bits per heavy atom. The number of imidazole rings is 1. The van der Waals surface area contributed by atoms with E-state index >= 15 is 0 Å². The van der Waals surface area contributed by atoms with Crippen molar-refractivity contribution in [1.29, 1.82) is 0 Å². The van der Waals surface area contributed by atoms with Crippen LogP contribution in [0.2, 0.25) is 0 Å².